The molecule has 0 saturated heterocycles. The van der Waals surface area contributed by atoms with Crippen molar-refractivity contribution in [2.24, 2.45) is 0 Å². The molecule has 1 N–H and O–H groups in total. The lowest BCUT2D eigenvalue weighted by Gasteiger charge is -2.27. The second-order valence-electron chi connectivity index (χ2n) is 5.24. The van der Waals surface area contributed by atoms with Crippen molar-refractivity contribution in [1.29, 1.82) is 0 Å². The van der Waals surface area contributed by atoms with E-state index in [0.29, 0.717) is 30.4 Å². The summed E-state index contributed by atoms with van der Waals surface area (Å²) in [7, 11) is 0. The molecule has 0 aliphatic heterocycles. The fourth-order valence-electron chi connectivity index (χ4n) is 2.57. The Bertz CT molecular complexity index is 672. The lowest BCUT2D eigenvalue weighted by Crippen LogP contribution is -2.32. The highest BCUT2D eigenvalue weighted by Crippen LogP contribution is 2.35. The standard InChI is InChI=1S/C19H23NO4/c1-4-23-17-12-11-16(13-18(17)24-5-2)20(19(21)22)14(3)15-9-7-6-8-10-15/h6-14H,4-5H2,1-3H3,(H,21,22). The van der Waals surface area contributed by atoms with Crippen molar-refractivity contribution in [3.63, 3.8) is 0 Å². The molecule has 0 aliphatic carbocycles. The Labute approximate surface area is 142 Å². The molecule has 1 amide bonds. The fourth-order valence-corrected chi connectivity index (χ4v) is 2.57. The van der Waals surface area contributed by atoms with Gasteiger partial charge in [-0.2, -0.15) is 0 Å². The zero-order valence-electron chi connectivity index (χ0n) is 14.2. The molecular formula is C19H23NO4. The van der Waals surface area contributed by atoms with Gasteiger partial charge < -0.3 is 14.6 Å². The van der Waals surface area contributed by atoms with Crippen LogP contribution >= 0.6 is 0 Å². The number of benzene rings is 2. The zero-order valence-corrected chi connectivity index (χ0v) is 14.2. The van der Waals surface area contributed by atoms with Gasteiger partial charge in [-0.1, -0.05) is 30.3 Å². The number of hydrogen-bond donors (Lipinski definition) is 1. The summed E-state index contributed by atoms with van der Waals surface area (Å²) in [5.41, 5.74) is 1.47. The van der Waals surface area contributed by atoms with Gasteiger partial charge in [-0.25, -0.2) is 4.79 Å². The highest BCUT2D eigenvalue weighted by atomic mass is 16.5. The number of anilines is 1. The van der Waals surface area contributed by atoms with Crippen LogP contribution in [0.25, 0.3) is 0 Å². The Balaban J connectivity index is 2.40. The van der Waals surface area contributed by atoms with E-state index >= 15 is 0 Å². The molecule has 0 spiro atoms. The van der Waals surface area contributed by atoms with Gasteiger partial charge in [-0.05, 0) is 38.5 Å². The van der Waals surface area contributed by atoms with Gasteiger partial charge in [0.25, 0.3) is 0 Å². The molecule has 0 heterocycles. The highest BCUT2D eigenvalue weighted by Gasteiger charge is 2.24. The van der Waals surface area contributed by atoms with Crippen LogP contribution in [0.5, 0.6) is 11.5 Å². The Kier molecular flexibility index (Phi) is 6.07. The second kappa shape index (κ2) is 8.24. The monoisotopic (exact) mass is 329 g/mol. The maximum atomic E-state index is 11.8. The maximum Gasteiger partial charge on any atom is 0.412 e. The smallest absolute Gasteiger partial charge is 0.412 e. The molecule has 0 fully saturated rings. The van der Waals surface area contributed by atoms with Crippen molar-refractivity contribution in [3.05, 3.63) is 54.1 Å². The van der Waals surface area contributed by atoms with Gasteiger partial charge in [0.1, 0.15) is 0 Å². The predicted molar refractivity (Wildman–Crippen MR) is 94.1 cm³/mol. The van der Waals surface area contributed by atoms with Gasteiger partial charge in [0.2, 0.25) is 0 Å². The van der Waals surface area contributed by atoms with Crippen LogP contribution in [0.15, 0.2) is 48.5 Å². The highest BCUT2D eigenvalue weighted by molar-refractivity contribution is 5.87. The Morgan fingerprint density at radius 2 is 1.67 bits per heavy atom. The van der Waals surface area contributed by atoms with Crippen molar-refractivity contribution in [2.45, 2.75) is 26.8 Å². The molecule has 2 aromatic rings. The van der Waals surface area contributed by atoms with Crippen LogP contribution < -0.4 is 14.4 Å². The van der Waals surface area contributed by atoms with Crippen LogP contribution in [-0.2, 0) is 0 Å². The quantitative estimate of drug-likeness (QED) is 0.798. The predicted octanol–water partition coefficient (Wildman–Crippen LogP) is 4.73. The minimum atomic E-state index is -1.02. The van der Waals surface area contributed by atoms with E-state index in [1.807, 2.05) is 51.1 Å². The summed E-state index contributed by atoms with van der Waals surface area (Å²) in [5, 5.41) is 9.71. The van der Waals surface area contributed by atoms with E-state index in [-0.39, 0.29) is 6.04 Å². The number of carbonyl (C=O) groups is 1. The number of carboxylic acid groups (broad SMARTS) is 1. The van der Waals surface area contributed by atoms with Crippen molar-refractivity contribution < 1.29 is 19.4 Å². The number of amides is 1. The molecule has 0 saturated carbocycles. The molecule has 5 nitrogen and oxygen atoms in total. The molecule has 0 bridgehead atoms. The van der Waals surface area contributed by atoms with Crippen LogP contribution in [0.1, 0.15) is 32.4 Å². The molecule has 1 atom stereocenters. The van der Waals surface area contributed by atoms with Gasteiger partial charge in [-0.15, -0.1) is 0 Å². The van der Waals surface area contributed by atoms with E-state index in [0.717, 1.165) is 5.56 Å². The average molecular weight is 329 g/mol. The number of hydrogen-bond acceptors (Lipinski definition) is 3. The fraction of sp³-hybridized carbons (Fsp3) is 0.316. The van der Waals surface area contributed by atoms with Crippen LogP contribution in [0, 0.1) is 0 Å². The summed E-state index contributed by atoms with van der Waals surface area (Å²) >= 11 is 0. The van der Waals surface area contributed by atoms with Crippen LogP contribution in [0.3, 0.4) is 0 Å². The van der Waals surface area contributed by atoms with E-state index < -0.39 is 6.09 Å². The van der Waals surface area contributed by atoms with E-state index in [9.17, 15) is 9.90 Å². The first-order valence-corrected chi connectivity index (χ1v) is 8.05. The molecule has 2 rings (SSSR count). The van der Waals surface area contributed by atoms with Crippen LogP contribution in [-0.4, -0.2) is 24.4 Å². The number of ether oxygens (including phenoxy) is 2. The summed E-state index contributed by atoms with van der Waals surface area (Å²) in [6.45, 7) is 6.63. The molecule has 0 aliphatic rings. The van der Waals surface area contributed by atoms with Crippen molar-refractivity contribution in [1.82, 2.24) is 0 Å². The van der Waals surface area contributed by atoms with E-state index in [2.05, 4.69) is 0 Å². The van der Waals surface area contributed by atoms with Crippen LogP contribution in [0.4, 0.5) is 10.5 Å². The topological polar surface area (TPSA) is 59.0 Å². The lowest BCUT2D eigenvalue weighted by molar-refractivity contribution is 0.199. The summed E-state index contributed by atoms with van der Waals surface area (Å²) in [6.07, 6.45) is -1.02. The van der Waals surface area contributed by atoms with E-state index in [1.54, 1.807) is 18.2 Å². The van der Waals surface area contributed by atoms with Crippen LogP contribution in [0.2, 0.25) is 0 Å². The maximum absolute atomic E-state index is 11.8. The summed E-state index contributed by atoms with van der Waals surface area (Å²) in [4.78, 5) is 13.2. The molecule has 0 aromatic heterocycles. The third-order valence-corrected chi connectivity index (χ3v) is 3.68. The molecule has 2 aromatic carbocycles. The summed E-state index contributed by atoms with van der Waals surface area (Å²) in [6, 6.07) is 14.4. The summed E-state index contributed by atoms with van der Waals surface area (Å²) in [5.74, 6) is 1.16. The minimum absolute atomic E-state index is 0.323. The van der Waals surface area contributed by atoms with E-state index in [4.69, 9.17) is 9.47 Å². The molecule has 0 radical (unpaired) electrons. The summed E-state index contributed by atoms with van der Waals surface area (Å²) < 4.78 is 11.1. The molecule has 5 heteroatoms. The Hall–Kier alpha value is -2.69. The van der Waals surface area contributed by atoms with Gasteiger partial charge in [0.05, 0.1) is 24.9 Å². The molecule has 128 valence electrons. The SMILES string of the molecule is CCOc1ccc(N(C(=O)O)C(C)c2ccccc2)cc1OCC. The first-order valence-electron chi connectivity index (χ1n) is 8.05. The minimum Gasteiger partial charge on any atom is -0.490 e. The largest absolute Gasteiger partial charge is 0.490 e. The van der Waals surface area contributed by atoms with Gasteiger partial charge in [0, 0.05) is 6.07 Å². The number of rotatable bonds is 7. The Morgan fingerprint density at radius 1 is 1.04 bits per heavy atom. The van der Waals surface area contributed by atoms with Gasteiger partial charge in [0.15, 0.2) is 11.5 Å². The Morgan fingerprint density at radius 3 is 2.25 bits per heavy atom. The van der Waals surface area contributed by atoms with Crippen molar-refractivity contribution in [3.8, 4) is 11.5 Å². The third-order valence-electron chi connectivity index (χ3n) is 3.68. The number of nitrogens with zero attached hydrogens (tertiary/aromatic N) is 1. The van der Waals surface area contributed by atoms with Crippen molar-refractivity contribution >= 4 is 11.8 Å². The third kappa shape index (κ3) is 3.98. The normalized spacial score (nSPS) is 11.6. The second-order valence-corrected chi connectivity index (χ2v) is 5.24. The average Bonchev–Trinajstić information content (AvgIpc) is 2.58. The van der Waals surface area contributed by atoms with Gasteiger partial charge in [-0.3, -0.25) is 4.90 Å². The lowest BCUT2D eigenvalue weighted by atomic mass is 10.1. The molecule has 24 heavy (non-hydrogen) atoms. The van der Waals surface area contributed by atoms with Crippen molar-refractivity contribution in [2.75, 3.05) is 18.1 Å². The zero-order chi connectivity index (χ0) is 17.5. The first-order chi connectivity index (χ1) is 11.6. The molecular weight excluding hydrogens is 306 g/mol. The van der Waals surface area contributed by atoms with Gasteiger partial charge >= 0.3 is 6.09 Å². The first kappa shape index (κ1) is 17.7. The molecule has 1 unspecified atom stereocenters. The van der Waals surface area contributed by atoms with E-state index in [1.165, 1.54) is 4.90 Å².